The number of hydrazine groups is 1. The van der Waals surface area contributed by atoms with Gasteiger partial charge in [0.1, 0.15) is 5.82 Å². The first kappa shape index (κ1) is 14.2. The number of nitrogens with one attached hydrogen (secondary N) is 1. The highest BCUT2D eigenvalue weighted by atomic mass is 35.5. The largest absolute Gasteiger partial charge is 0.308 e. The van der Waals surface area contributed by atoms with Crippen LogP contribution < -0.4 is 11.3 Å². The zero-order valence-corrected chi connectivity index (χ0v) is 11.5. The van der Waals surface area contributed by atoms with Gasteiger partial charge in [0.2, 0.25) is 0 Å². The summed E-state index contributed by atoms with van der Waals surface area (Å²) in [5.74, 6) is 6.68. The topological polar surface area (TPSA) is 54.2 Å². The van der Waals surface area contributed by atoms with Crippen molar-refractivity contribution >= 4 is 17.4 Å². The summed E-state index contributed by atoms with van der Waals surface area (Å²) in [6, 6.07) is 3.58. The molecule has 1 rings (SSSR count). The molecule has 0 amide bonds. The smallest absolute Gasteiger partial charge is 0.140 e. The van der Waals surface area contributed by atoms with Crippen LogP contribution >= 0.6 is 11.6 Å². The number of nitrogens with two attached hydrogens (primary N) is 1. The fraction of sp³-hybridized carbons (Fsp3) is 0.583. The summed E-state index contributed by atoms with van der Waals surface area (Å²) in [6.07, 6.45) is 1.17. The van der Waals surface area contributed by atoms with Crippen LogP contribution in [0.3, 0.4) is 0 Å². The fourth-order valence-electron chi connectivity index (χ4n) is 1.49. The van der Waals surface area contributed by atoms with E-state index in [9.17, 15) is 0 Å². The van der Waals surface area contributed by atoms with Gasteiger partial charge in [0.05, 0.1) is 10.7 Å². The minimum atomic E-state index is 0.640. The lowest BCUT2D eigenvalue weighted by atomic mass is 10.1. The fourth-order valence-corrected chi connectivity index (χ4v) is 1.65. The van der Waals surface area contributed by atoms with E-state index in [-0.39, 0.29) is 0 Å². The molecular formula is C12H21ClN4. The summed E-state index contributed by atoms with van der Waals surface area (Å²) in [5.41, 5.74) is 3.38. The van der Waals surface area contributed by atoms with Gasteiger partial charge in [-0.3, -0.25) is 0 Å². The van der Waals surface area contributed by atoms with Crippen LogP contribution in [0.5, 0.6) is 0 Å². The molecule has 1 aromatic heterocycles. The molecule has 0 aliphatic heterocycles. The quantitative estimate of drug-likeness (QED) is 0.607. The lowest BCUT2D eigenvalue weighted by Gasteiger charge is -2.18. The van der Waals surface area contributed by atoms with Gasteiger partial charge in [-0.1, -0.05) is 25.4 Å². The van der Waals surface area contributed by atoms with Crippen molar-refractivity contribution in [2.45, 2.75) is 26.8 Å². The molecule has 1 heterocycles. The zero-order chi connectivity index (χ0) is 12.8. The Morgan fingerprint density at radius 2 is 2.18 bits per heavy atom. The van der Waals surface area contributed by atoms with Gasteiger partial charge in [-0.25, -0.2) is 10.8 Å². The third-order valence-corrected chi connectivity index (χ3v) is 2.92. The van der Waals surface area contributed by atoms with Crippen LogP contribution in [0, 0.1) is 5.92 Å². The van der Waals surface area contributed by atoms with Crippen LogP contribution in [0.15, 0.2) is 12.1 Å². The van der Waals surface area contributed by atoms with Crippen molar-refractivity contribution < 1.29 is 0 Å². The van der Waals surface area contributed by atoms with Crippen LogP contribution in [-0.4, -0.2) is 23.5 Å². The Kier molecular flexibility index (Phi) is 5.68. The third-order valence-electron chi connectivity index (χ3n) is 2.57. The van der Waals surface area contributed by atoms with Gasteiger partial charge < -0.3 is 10.3 Å². The van der Waals surface area contributed by atoms with Crippen molar-refractivity contribution in [2.24, 2.45) is 11.8 Å². The summed E-state index contributed by atoms with van der Waals surface area (Å²) >= 11 is 6.10. The van der Waals surface area contributed by atoms with Gasteiger partial charge >= 0.3 is 0 Å². The van der Waals surface area contributed by atoms with Crippen LogP contribution in [-0.2, 0) is 6.54 Å². The predicted molar refractivity (Wildman–Crippen MR) is 72.8 cm³/mol. The van der Waals surface area contributed by atoms with E-state index < -0.39 is 0 Å². The number of rotatable bonds is 6. The van der Waals surface area contributed by atoms with Gasteiger partial charge in [0.25, 0.3) is 0 Å². The molecule has 0 atom stereocenters. The molecule has 4 nitrogen and oxygen atoms in total. The molecule has 0 bridgehead atoms. The standard InChI is InChI=1S/C12H21ClN4/c1-9(2)6-7-17(3)8-11-10(13)4-5-12(15-11)16-14/h4-5,9H,6-8,14H2,1-3H3,(H,15,16). The molecule has 3 N–H and O–H groups in total. The number of halogens is 1. The molecule has 1 aromatic rings. The van der Waals surface area contributed by atoms with E-state index in [4.69, 9.17) is 17.4 Å². The van der Waals surface area contributed by atoms with Crippen LogP contribution in [0.1, 0.15) is 26.0 Å². The summed E-state index contributed by atoms with van der Waals surface area (Å²) in [5, 5.41) is 0.681. The van der Waals surface area contributed by atoms with E-state index in [2.05, 4.69) is 36.2 Å². The molecule has 0 saturated heterocycles. The predicted octanol–water partition coefficient (Wildman–Crippen LogP) is 2.50. The van der Waals surface area contributed by atoms with Crippen molar-refractivity contribution in [2.75, 3.05) is 19.0 Å². The van der Waals surface area contributed by atoms with Crippen LogP contribution in [0.4, 0.5) is 5.82 Å². The summed E-state index contributed by atoms with van der Waals surface area (Å²) in [7, 11) is 2.07. The van der Waals surface area contributed by atoms with E-state index in [1.54, 1.807) is 6.07 Å². The van der Waals surface area contributed by atoms with Gasteiger partial charge in [-0.15, -0.1) is 0 Å². The normalized spacial score (nSPS) is 11.2. The summed E-state index contributed by atoms with van der Waals surface area (Å²) in [6.45, 7) is 6.22. The Morgan fingerprint density at radius 1 is 1.47 bits per heavy atom. The minimum absolute atomic E-state index is 0.640. The van der Waals surface area contributed by atoms with E-state index in [1.165, 1.54) is 6.42 Å². The molecular weight excluding hydrogens is 236 g/mol. The Balaban J connectivity index is 2.60. The van der Waals surface area contributed by atoms with E-state index in [0.717, 1.165) is 18.8 Å². The molecule has 0 radical (unpaired) electrons. The highest BCUT2D eigenvalue weighted by Crippen LogP contribution is 2.17. The minimum Gasteiger partial charge on any atom is -0.308 e. The second-order valence-corrected chi connectivity index (χ2v) is 5.10. The zero-order valence-electron chi connectivity index (χ0n) is 10.7. The molecule has 17 heavy (non-hydrogen) atoms. The number of hydrogen-bond acceptors (Lipinski definition) is 4. The highest BCUT2D eigenvalue weighted by molar-refractivity contribution is 6.31. The number of aromatic nitrogens is 1. The number of pyridine rings is 1. The Hall–Kier alpha value is -0.840. The molecule has 5 heteroatoms. The SMILES string of the molecule is CC(C)CCN(C)Cc1nc(NN)ccc1Cl. The van der Waals surface area contributed by atoms with Crippen molar-refractivity contribution in [3.8, 4) is 0 Å². The lowest BCUT2D eigenvalue weighted by Crippen LogP contribution is -2.21. The average molecular weight is 257 g/mol. The van der Waals surface area contributed by atoms with Crippen molar-refractivity contribution in [1.82, 2.24) is 9.88 Å². The average Bonchev–Trinajstić information content (AvgIpc) is 2.29. The number of hydrogen-bond donors (Lipinski definition) is 2. The molecule has 0 aliphatic carbocycles. The second-order valence-electron chi connectivity index (χ2n) is 4.69. The van der Waals surface area contributed by atoms with Gasteiger partial charge in [0, 0.05) is 6.54 Å². The van der Waals surface area contributed by atoms with Gasteiger partial charge in [-0.2, -0.15) is 0 Å². The first-order chi connectivity index (χ1) is 8.02. The first-order valence-corrected chi connectivity index (χ1v) is 6.21. The molecule has 0 aromatic carbocycles. The number of nitrogen functional groups attached to an aromatic ring is 1. The van der Waals surface area contributed by atoms with Gasteiger partial charge in [-0.05, 0) is 38.1 Å². The van der Waals surface area contributed by atoms with E-state index in [1.807, 2.05) is 6.07 Å². The maximum absolute atomic E-state index is 6.10. The van der Waals surface area contributed by atoms with E-state index in [0.29, 0.717) is 16.8 Å². The molecule has 0 fully saturated rings. The first-order valence-electron chi connectivity index (χ1n) is 5.83. The van der Waals surface area contributed by atoms with E-state index >= 15 is 0 Å². The molecule has 0 unspecified atom stereocenters. The molecule has 0 spiro atoms. The number of nitrogens with zero attached hydrogens (tertiary/aromatic N) is 2. The molecule has 0 saturated carbocycles. The maximum atomic E-state index is 6.10. The summed E-state index contributed by atoms with van der Waals surface area (Å²) in [4.78, 5) is 6.56. The van der Waals surface area contributed by atoms with Gasteiger partial charge in [0.15, 0.2) is 0 Å². The Labute approximate surface area is 108 Å². The molecule has 0 aliphatic rings. The van der Waals surface area contributed by atoms with Crippen molar-refractivity contribution in [1.29, 1.82) is 0 Å². The second kappa shape index (κ2) is 6.79. The highest BCUT2D eigenvalue weighted by Gasteiger charge is 2.07. The lowest BCUT2D eigenvalue weighted by molar-refractivity contribution is 0.300. The third kappa shape index (κ3) is 4.89. The monoisotopic (exact) mass is 256 g/mol. The van der Waals surface area contributed by atoms with Crippen molar-refractivity contribution in [3.05, 3.63) is 22.8 Å². The summed E-state index contributed by atoms with van der Waals surface area (Å²) < 4.78 is 0. The Morgan fingerprint density at radius 3 is 2.76 bits per heavy atom. The van der Waals surface area contributed by atoms with Crippen LogP contribution in [0.2, 0.25) is 5.02 Å². The Bertz CT molecular complexity index is 354. The molecule has 96 valence electrons. The number of anilines is 1. The van der Waals surface area contributed by atoms with Crippen LogP contribution in [0.25, 0.3) is 0 Å². The van der Waals surface area contributed by atoms with Crippen molar-refractivity contribution in [3.63, 3.8) is 0 Å². The maximum Gasteiger partial charge on any atom is 0.140 e.